The number of fused-ring (bicyclic) bond motifs is 1. The van der Waals surface area contributed by atoms with Crippen LogP contribution < -0.4 is 16.0 Å². The Morgan fingerprint density at radius 1 is 0.891 bits per heavy atom. The predicted molar refractivity (Wildman–Crippen MR) is 223 cm³/mol. The Bertz CT molecular complexity index is 2210. The smallest absolute Gasteiger partial charge is 0.341 e. The van der Waals surface area contributed by atoms with Gasteiger partial charge < -0.3 is 20.7 Å². The van der Waals surface area contributed by atoms with Gasteiger partial charge in [-0.05, 0) is 95.8 Å². The summed E-state index contributed by atoms with van der Waals surface area (Å²) in [4.78, 5) is 56.1. The van der Waals surface area contributed by atoms with Gasteiger partial charge in [0.2, 0.25) is 5.91 Å². The molecule has 0 spiro atoms. The van der Waals surface area contributed by atoms with Crippen molar-refractivity contribution < 1.29 is 23.9 Å². The number of nitrogens with one attached hydrogen (secondary N) is 3. The highest BCUT2D eigenvalue weighted by molar-refractivity contribution is 8.00. The van der Waals surface area contributed by atoms with Crippen molar-refractivity contribution in [2.45, 2.75) is 50.2 Å². The van der Waals surface area contributed by atoms with E-state index in [-0.39, 0.29) is 17.0 Å². The topological polar surface area (TPSA) is 114 Å². The minimum Gasteiger partial charge on any atom is -0.465 e. The molecule has 3 N–H and O–H groups in total. The number of hydrogen-bond acceptors (Lipinski definition) is 7. The van der Waals surface area contributed by atoms with Gasteiger partial charge in [0.25, 0.3) is 11.8 Å². The molecule has 0 radical (unpaired) electrons. The molecule has 0 saturated heterocycles. The van der Waals surface area contributed by atoms with Gasteiger partial charge in [0.15, 0.2) is 0 Å². The van der Waals surface area contributed by atoms with Crippen LogP contribution in [0.1, 0.15) is 74.7 Å². The first-order chi connectivity index (χ1) is 26.4. The lowest BCUT2D eigenvalue weighted by Gasteiger charge is -2.33. The van der Waals surface area contributed by atoms with Crippen LogP contribution in [0.15, 0.2) is 120 Å². The first-order valence-corrected chi connectivity index (χ1v) is 20.0. The molecule has 4 aromatic carbocycles. The number of thiophene rings is 1. The molecular weight excluding hydrogens is 750 g/mol. The minimum atomic E-state index is -0.704. The summed E-state index contributed by atoms with van der Waals surface area (Å²) in [6, 6.07) is 32.1. The van der Waals surface area contributed by atoms with E-state index in [0.717, 1.165) is 35.3 Å². The van der Waals surface area contributed by atoms with E-state index in [2.05, 4.69) is 36.7 Å². The summed E-state index contributed by atoms with van der Waals surface area (Å²) in [6.07, 6.45) is 4.12. The highest BCUT2D eigenvalue weighted by atomic mass is 35.5. The van der Waals surface area contributed by atoms with E-state index in [1.165, 1.54) is 30.2 Å². The lowest BCUT2D eigenvalue weighted by atomic mass is 9.72. The van der Waals surface area contributed by atoms with E-state index in [1.807, 2.05) is 36.4 Å². The second kappa shape index (κ2) is 17.5. The molecule has 8 nitrogen and oxygen atoms in total. The standard InChI is InChI=1S/C44H42ClN3O5S2/c1-44(2,3)30-20-23-34-36(25-30)55-42(37(34)43(52)53-4)48-41(51)38(28-12-7-5-8-13-28)54-33-17-11-16-32(26-33)46-40(50)35(24-27-18-21-31(45)22-19-27)47-39(49)29-14-9-6-10-15-29/h5-19,21-22,24,26,30,38H,20,23,25H2,1-4H3,(H,46,50)(H,47,49)(H,48,51)/b35-24-. The highest BCUT2D eigenvalue weighted by Gasteiger charge is 2.35. The molecule has 0 bridgehead atoms. The first-order valence-electron chi connectivity index (χ1n) is 17.9. The fourth-order valence-electron chi connectivity index (χ4n) is 6.46. The van der Waals surface area contributed by atoms with Gasteiger partial charge in [-0.2, -0.15) is 0 Å². The maximum absolute atomic E-state index is 14.3. The Labute approximate surface area is 334 Å². The fraction of sp³-hybridized carbons (Fsp3) is 0.227. The number of halogens is 1. The molecule has 0 saturated carbocycles. The summed E-state index contributed by atoms with van der Waals surface area (Å²) < 4.78 is 5.21. The number of carbonyl (C=O) groups excluding carboxylic acids is 4. The second-order valence-electron chi connectivity index (χ2n) is 14.3. The number of carbonyl (C=O) groups is 4. The van der Waals surface area contributed by atoms with Crippen molar-refractivity contribution in [3.05, 3.63) is 153 Å². The number of anilines is 2. The van der Waals surface area contributed by atoms with Crippen LogP contribution in [0.4, 0.5) is 10.7 Å². The summed E-state index contributed by atoms with van der Waals surface area (Å²) >= 11 is 8.86. The number of amides is 3. The molecule has 282 valence electrons. The number of hydrogen-bond donors (Lipinski definition) is 3. The normalized spacial score (nSPS) is 14.6. The van der Waals surface area contributed by atoms with Crippen LogP contribution in [-0.2, 0) is 27.2 Å². The van der Waals surface area contributed by atoms with Crippen molar-refractivity contribution in [2.75, 3.05) is 17.7 Å². The lowest BCUT2D eigenvalue weighted by molar-refractivity contribution is -0.116. The van der Waals surface area contributed by atoms with E-state index in [1.54, 1.807) is 78.9 Å². The summed E-state index contributed by atoms with van der Waals surface area (Å²) in [5.74, 6) is -1.27. The van der Waals surface area contributed by atoms with Gasteiger partial charge >= 0.3 is 5.97 Å². The van der Waals surface area contributed by atoms with Crippen molar-refractivity contribution in [3.63, 3.8) is 0 Å². The summed E-state index contributed by atoms with van der Waals surface area (Å²) in [5.41, 5.74) is 3.84. The van der Waals surface area contributed by atoms with E-state index in [4.69, 9.17) is 16.3 Å². The summed E-state index contributed by atoms with van der Waals surface area (Å²) in [7, 11) is 1.36. The van der Waals surface area contributed by atoms with E-state index in [9.17, 15) is 19.2 Å². The number of esters is 1. The van der Waals surface area contributed by atoms with E-state index in [0.29, 0.717) is 43.2 Å². The van der Waals surface area contributed by atoms with Gasteiger partial charge in [-0.3, -0.25) is 14.4 Å². The molecule has 2 atom stereocenters. The quantitative estimate of drug-likeness (QED) is 0.0697. The number of thioether (sulfide) groups is 1. The SMILES string of the molecule is COC(=O)c1c(NC(=O)C(Sc2cccc(NC(=O)/C(=C/c3ccc(Cl)cc3)NC(=O)c3ccccc3)c2)c2ccccc2)sc2c1CCC(C(C)(C)C)C2. The van der Waals surface area contributed by atoms with Gasteiger partial charge in [-0.1, -0.05) is 99.1 Å². The Kier molecular flexibility index (Phi) is 12.6. The second-order valence-corrected chi connectivity index (χ2v) is 17.0. The van der Waals surface area contributed by atoms with Crippen molar-refractivity contribution in [1.29, 1.82) is 0 Å². The van der Waals surface area contributed by atoms with Gasteiger partial charge in [-0.15, -0.1) is 23.1 Å². The van der Waals surface area contributed by atoms with Crippen LogP contribution in [-0.4, -0.2) is 30.8 Å². The molecule has 2 unspecified atom stereocenters. The summed E-state index contributed by atoms with van der Waals surface area (Å²) in [6.45, 7) is 6.72. The van der Waals surface area contributed by atoms with Crippen LogP contribution in [0.2, 0.25) is 5.02 Å². The first kappa shape index (κ1) is 39.5. The third-order valence-corrected chi connectivity index (χ3v) is 12.2. The van der Waals surface area contributed by atoms with E-state index >= 15 is 0 Å². The van der Waals surface area contributed by atoms with Gasteiger partial charge in [-0.25, -0.2) is 4.79 Å². The predicted octanol–water partition coefficient (Wildman–Crippen LogP) is 10.2. The molecule has 55 heavy (non-hydrogen) atoms. The zero-order valence-corrected chi connectivity index (χ0v) is 33.4. The zero-order valence-electron chi connectivity index (χ0n) is 31.0. The van der Waals surface area contributed by atoms with E-state index < -0.39 is 23.0 Å². The highest BCUT2D eigenvalue weighted by Crippen LogP contribution is 2.45. The van der Waals surface area contributed by atoms with Crippen LogP contribution >= 0.6 is 34.7 Å². The molecule has 11 heteroatoms. The number of rotatable bonds is 11. The Morgan fingerprint density at radius 2 is 1.58 bits per heavy atom. The van der Waals surface area contributed by atoms with Crippen molar-refractivity contribution in [2.24, 2.45) is 11.3 Å². The van der Waals surface area contributed by atoms with Gasteiger partial charge in [0.05, 0.1) is 12.7 Å². The molecule has 1 aromatic heterocycles. The molecule has 1 aliphatic rings. The maximum Gasteiger partial charge on any atom is 0.341 e. The molecule has 0 fully saturated rings. The van der Waals surface area contributed by atoms with Crippen molar-refractivity contribution in [3.8, 4) is 0 Å². The van der Waals surface area contributed by atoms with Crippen LogP contribution in [0.25, 0.3) is 6.08 Å². The van der Waals surface area contributed by atoms with Gasteiger partial charge in [0, 0.05) is 26.0 Å². The summed E-state index contributed by atoms with van der Waals surface area (Å²) in [5, 5.41) is 9.11. The van der Waals surface area contributed by atoms with Gasteiger partial charge in [0.1, 0.15) is 15.9 Å². The molecule has 1 heterocycles. The maximum atomic E-state index is 14.3. The number of benzene rings is 4. The average Bonchev–Trinajstić information content (AvgIpc) is 3.54. The van der Waals surface area contributed by atoms with Crippen LogP contribution in [0.3, 0.4) is 0 Å². The largest absolute Gasteiger partial charge is 0.465 e. The monoisotopic (exact) mass is 791 g/mol. The molecule has 1 aliphatic carbocycles. The minimum absolute atomic E-state index is 0.0321. The molecule has 5 aromatic rings. The number of ether oxygens (including phenoxy) is 1. The molecule has 3 amide bonds. The third kappa shape index (κ3) is 9.94. The third-order valence-electron chi connectivity index (χ3n) is 9.51. The van der Waals surface area contributed by atoms with Crippen LogP contribution in [0, 0.1) is 11.3 Å². The van der Waals surface area contributed by atoms with Crippen molar-refractivity contribution in [1.82, 2.24) is 5.32 Å². The Balaban J connectivity index is 1.25. The Hall–Kier alpha value is -5.16. The Morgan fingerprint density at radius 3 is 2.25 bits per heavy atom. The molecule has 6 rings (SSSR count). The van der Waals surface area contributed by atoms with Crippen molar-refractivity contribution >= 4 is 75.2 Å². The molecule has 0 aliphatic heterocycles. The average molecular weight is 792 g/mol. The number of methoxy groups -OCH3 is 1. The fourth-order valence-corrected chi connectivity index (χ4v) is 8.99. The molecular formula is C44H42ClN3O5S2. The zero-order chi connectivity index (χ0) is 39.1. The lowest BCUT2D eigenvalue weighted by Crippen LogP contribution is -2.30. The van der Waals surface area contributed by atoms with Crippen LogP contribution in [0.5, 0.6) is 0 Å².